The van der Waals surface area contributed by atoms with Crippen molar-refractivity contribution in [3.63, 3.8) is 0 Å². The molecular weight excluding hydrogens is 506 g/mol. The average Bonchev–Trinajstić information content (AvgIpc) is 2.96. The first-order valence-corrected chi connectivity index (χ1v) is 12.2. The van der Waals surface area contributed by atoms with Crippen LogP contribution in [0.4, 0.5) is 0 Å². The highest BCUT2D eigenvalue weighted by Gasteiger charge is 2.51. The van der Waals surface area contributed by atoms with Crippen LogP contribution in [-0.4, -0.2) is 66.2 Å². The van der Waals surface area contributed by atoms with E-state index in [0.717, 1.165) is 0 Å². The van der Waals surface area contributed by atoms with Crippen LogP contribution in [-0.2, 0) is 23.7 Å². The van der Waals surface area contributed by atoms with Gasteiger partial charge in [0.1, 0.15) is 18.8 Å². The first-order valence-electron chi connectivity index (χ1n) is 12.2. The van der Waals surface area contributed by atoms with E-state index in [2.05, 4.69) is 5.32 Å². The molecule has 1 heterocycles. The van der Waals surface area contributed by atoms with Gasteiger partial charge in [0.2, 0.25) is 5.91 Å². The van der Waals surface area contributed by atoms with Gasteiger partial charge in [0.25, 0.3) is 0 Å². The molecule has 0 saturated carbocycles. The number of nitrogens with one attached hydrogen (secondary N) is 1. The summed E-state index contributed by atoms with van der Waals surface area (Å²) in [6.07, 6.45) is -5.72. The Bertz CT molecular complexity index is 1280. The summed E-state index contributed by atoms with van der Waals surface area (Å²) in [7, 11) is 0. The lowest BCUT2D eigenvalue weighted by atomic mass is 9.96. The zero-order chi connectivity index (χ0) is 27.8. The Labute approximate surface area is 224 Å². The van der Waals surface area contributed by atoms with E-state index in [-0.39, 0.29) is 16.7 Å². The molecule has 4 rings (SSSR count). The van der Waals surface area contributed by atoms with Crippen molar-refractivity contribution in [2.24, 2.45) is 0 Å². The number of benzene rings is 3. The Morgan fingerprint density at radius 1 is 0.718 bits per heavy atom. The maximum absolute atomic E-state index is 13.1. The van der Waals surface area contributed by atoms with Crippen LogP contribution in [0.5, 0.6) is 0 Å². The molecule has 0 radical (unpaired) electrons. The molecule has 0 bridgehead atoms. The van der Waals surface area contributed by atoms with Gasteiger partial charge in [-0.25, -0.2) is 14.4 Å². The summed E-state index contributed by atoms with van der Waals surface area (Å²) in [5.74, 6) is -2.79. The van der Waals surface area contributed by atoms with Gasteiger partial charge in [-0.15, -0.1) is 0 Å². The van der Waals surface area contributed by atoms with E-state index in [1.54, 1.807) is 66.7 Å². The monoisotopic (exact) mass is 533 g/mol. The van der Waals surface area contributed by atoms with E-state index < -0.39 is 61.1 Å². The molecule has 39 heavy (non-hydrogen) atoms. The number of rotatable bonds is 8. The summed E-state index contributed by atoms with van der Waals surface area (Å²) in [5, 5.41) is 13.3. The number of hydrogen-bond donors (Lipinski definition) is 2. The fraction of sp³-hybridized carbons (Fsp3) is 0.241. The van der Waals surface area contributed by atoms with Crippen LogP contribution < -0.4 is 5.32 Å². The molecular formula is C29H27NO9. The first-order chi connectivity index (χ1) is 18.8. The highest BCUT2D eigenvalue weighted by molar-refractivity contribution is 5.91. The SMILES string of the molecule is CC(=O)N[C@@H]1[C@@H](OC(=O)c2ccccc2)[C@H](OC(=O)c2ccccc2)[C@@H](COC(=O)c2ccccc2)O[C@@H]1O. The van der Waals surface area contributed by atoms with E-state index in [4.69, 9.17) is 18.9 Å². The minimum absolute atomic E-state index is 0.195. The van der Waals surface area contributed by atoms with Gasteiger partial charge in [-0.1, -0.05) is 54.6 Å². The van der Waals surface area contributed by atoms with E-state index >= 15 is 0 Å². The second-order valence-corrected chi connectivity index (χ2v) is 8.73. The number of carbonyl (C=O) groups is 4. The molecule has 0 aliphatic carbocycles. The Morgan fingerprint density at radius 2 is 1.15 bits per heavy atom. The number of aliphatic hydroxyl groups is 1. The average molecular weight is 534 g/mol. The van der Waals surface area contributed by atoms with Gasteiger partial charge in [0.15, 0.2) is 18.5 Å². The molecule has 10 nitrogen and oxygen atoms in total. The number of aliphatic hydroxyl groups excluding tert-OH is 1. The minimum atomic E-state index is -1.69. The van der Waals surface area contributed by atoms with E-state index in [1.165, 1.54) is 31.2 Å². The zero-order valence-corrected chi connectivity index (χ0v) is 21.0. The normalized spacial score (nSPS) is 22.3. The zero-order valence-electron chi connectivity index (χ0n) is 21.0. The number of esters is 3. The predicted octanol–water partition coefficient (Wildman–Crippen LogP) is 2.52. The fourth-order valence-electron chi connectivity index (χ4n) is 4.07. The molecule has 202 valence electrons. The first kappa shape index (κ1) is 27.5. The highest BCUT2D eigenvalue weighted by atomic mass is 16.7. The number of amides is 1. The standard InChI is InChI=1S/C29H27NO9/c1-18(31)30-23-25(39-28(34)21-15-9-4-10-16-21)24(38-27(33)20-13-7-3-8-14-20)22(37-29(23)35)17-36-26(32)19-11-5-2-6-12-19/h2-16,22-25,29,35H,17H2,1H3,(H,30,31)/t22-,23-,24-,25-,29+/m1/s1. The third-order valence-corrected chi connectivity index (χ3v) is 5.93. The van der Waals surface area contributed by atoms with Gasteiger partial charge in [-0.3, -0.25) is 4.79 Å². The maximum Gasteiger partial charge on any atom is 0.338 e. The summed E-state index contributed by atoms with van der Waals surface area (Å²) in [5.41, 5.74) is 0.669. The van der Waals surface area contributed by atoms with Crippen molar-refractivity contribution in [2.45, 2.75) is 37.6 Å². The molecule has 10 heteroatoms. The molecule has 0 spiro atoms. The van der Waals surface area contributed by atoms with Gasteiger partial charge < -0.3 is 29.4 Å². The van der Waals surface area contributed by atoms with Crippen molar-refractivity contribution >= 4 is 23.8 Å². The number of carbonyl (C=O) groups excluding carboxylic acids is 4. The molecule has 2 N–H and O–H groups in total. The van der Waals surface area contributed by atoms with Crippen molar-refractivity contribution in [2.75, 3.05) is 6.61 Å². The molecule has 0 unspecified atom stereocenters. The third kappa shape index (κ3) is 7.07. The van der Waals surface area contributed by atoms with Crippen molar-refractivity contribution in [3.8, 4) is 0 Å². The second kappa shape index (κ2) is 12.8. The topological polar surface area (TPSA) is 137 Å². The van der Waals surface area contributed by atoms with Crippen LogP contribution in [0.3, 0.4) is 0 Å². The van der Waals surface area contributed by atoms with E-state index in [9.17, 15) is 24.3 Å². The van der Waals surface area contributed by atoms with Gasteiger partial charge in [0.05, 0.1) is 16.7 Å². The van der Waals surface area contributed by atoms with Gasteiger partial charge in [-0.05, 0) is 36.4 Å². The fourth-order valence-corrected chi connectivity index (χ4v) is 4.07. The van der Waals surface area contributed by atoms with Gasteiger partial charge in [-0.2, -0.15) is 0 Å². The molecule has 0 aromatic heterocycles. The summed E-state index contributed by atoms with van der Waals surface area (Å²) >= 11 is 0. The molecule has 5 atom stereocenters. The quantitative estimate of drug-likeness (QED) is 0.330. The summed E-state index contributed by atoms with van der Waals surface area (Å²) in [6.45, 7) is 0.755. The van der Waals surface area contributed by atoms with Crippen molar-refractivity contribution in [3.05, 3.63) is 108 Å². The second-order valence-electron chi connectivity index (χ2n) is 8.73. The molecule has 1 aliphatic rings. The van der Waals surface area contributed by atoms with Crippen LogP contribution in [0.15, 0.2) is 91.0 Å². The van der Waals surface area contributed by atoms with Crippen LogP contribution in [0.1, 0.15) is 38.0 Å². The van der Waals surface area contributed by atoms with Crippen molar-refractivity contribution in [1.29, 1.82) is 0 Å². The Kier molecular flexibility index (Phi) is 9.03. The summed E-state index contributed by atoms with van der Waals surface area (Å²) in [4.78, 5) is 50.6. The lowest BCUT2D eigenvalue weighted by molar-refractivity contribution is -0.253. The molecule has 1 aliphatic heterocycles. The smallest absolute Gasteiger partial charge is 0.338 e. The van der Waals surface area contributed by atoms with Crippen LogP contribution in [0.2, 0.25) is 0 Å². The summed E-state index contributed by atoms with van der Waals surface area (Å²) in [6, 6.07) is 23.0. The predicted molar refractivity (Wildman–Crippen MR) is 136 cm³/mol. The molecule has 1 saturated heterocycles. The Morgan fingerprint density at radius 3 is 1.62 bits per heavy atom. The molecule has 3 aromatic rings. The van der Waals surface area contributed by atoms with Crippen LogP contribution in [0, 0.1) is 0 Å². The van der Waals surface area contributed by atoms with Crippen molar-refractivity contribution in [1.82, 2.24) is 5.32 Å². The van der Waals surface area contributed by atoms with Crippen LogP contribution >= 0.6 is 0 Å². The lowest BCUT2D eigenvalue weighted by Gasteiger charge is -2.43. The molecule has 3 aromatic carbocycles. The maximum atomic E-state index is 13.1. The van der Waals surface area contributed by atoms with Crippen LogP contribution in [0.25, 0.3) is 0 Å². The Balaban J connectivity index is 1.64. The number of ether oxygens (including phenoxy) is 4. The third-order valence-electron chi connectivity index (χ3n) is 5.93. The van der Waals surface area contributed by atoms with E-state index in [1.807, 2.05) is 0 Å². The Hall–Kier alpha value is -4.54. The lowest BCUT2D eigenvalue weighted by Crippen LogP contribution is -2.66. The van der Waals surface area contributed by atoms with E-state index in [0.29, 0.717) is 0 Å². The minimum Gasteiger partial charge on any atom is -0.459 e. The largest absolute Gasteiger partial charge is 0.459 e. The molecule has 1 amide bonds. The summed E-state index contributed by atoms with van der Waals surface area (Å²) < 4.78 is 22.5. The van der Waals surface area contributed by atoms with Gasteiger partial charge >= 0.3 is 17.9 Å². The highest BCUT2D eigenvalue weighted by Crippen LogP contribution is 2.28. The van der Waals surface area contributed by atoms with Crippen molar-refractivity contribution < 1.29 is 43.2 Å². The number of hydrogen-bond acceptors (Lipinski definition) is 9. The molecule has 1 fully saturated rings. The van der Waals surface area contributed by atoms with Gasteiger partial charge in [0, 0.05) is 6.92 Å².